The van der Waals surface area contributed by atoms with Gasteiger partial charge >= 0.3 is 0 Å². The zero-order valence-electron chi connectivity index (χ0n) is 15.3. The summed E-state index contributed by atoms with van der Waals surface area (Å²) in [5, 5.41) is 19.3. The van der Waals surface area contributed by atoms with Crippen molar-refractivity contribution in [1.82, 2.24) is 10.6 Å². The van der Waals surface area contributed by atoms with Crippen LogP contribution in [0.25, 0.3) is 0 Å². The maximum absolute atomic E-state index is 12.6. The van der Waals surface area contributed by atoms with E-state index in [4.69, 9.17) is 0 Å². The van der Waals surface area contributed by atoms with Gasteiger partial charge in [0, 0.05) is 37.1 Å². The fraction of sp³-hybridized carbons (Fsp3) is 0.500. The van der Waals surface area contributed by atoms with Gasteiger partial charge in [0.05, 0.1) is 5.92 Å². The highest BCUT2D eigenvalue weighted by Crippen LogP contribution is 2.27. The Hall–Kier alpha value is -2.54. The van der Waals surface area contributed by atoms with Gasteiger partial charge in [-0.05, 0) is 56.5 Å². The average molecular weight is 370 g/mol. The predicted octanol–water partition coefficient (Wildman–Crippen LogP) is 1.54. The van der Waals surface area contributed by atoms with Crippen LogP contribution >= 0.6 is 0 Å². The Kier molecular flexibility index (Phi) is 5.03. The van der Waals surface area contributed by atoms with Crippen LogP contribution in [0.4, 0.5) is 11.4 Å². The first-order chi connectivity index (χ1) is 13.1. The van der Waals surface area contributed by atoms with Gasteiger partial charge in [-0.1, -0.05) is 0 Å². The molecule has 1 aromatic carbocycles. The molecule has 0 spiro atoms. The van der Waals surface area contributed by atoms with E-state index in [1.54, 1.807) is 0 Å². The van der Waals surface area contributed by atoms with Gasteiger partial charge in [0.25, 0.3) is 11.8 Å². The van der Waals surface area contributed by atoms with Crippen LogP contribution in [0.1, 0.15) is 25.7 Å². The lowest BCUT2D eigenvalue weighted by Gasteiger charge is -2.36. The molecule has 144 valence electrons. The highest BCUT2D eigenvalue weighted by molar-refractivity contribution is 6.23. The second kappa shape index (κ2) is 7.60. The monoisotopic (exact) mass is 370 g/mol. The average Bonchev–Trinajstić information content (AvgIpc) is 2.69. The van der Waals surface area contributed by atoms with Crippen molar-refractivity contribution < 1.29 is 14.7 Å². The molecular formula is C20H26N4O3. The van der Waals surface area contributed by atoms with Gasteiger partial charge in [0.2, 0.25) is 0 Å². The zero-order chi connectivity index (χ0) is 18.8. The van der Waals surface area contributed by atoms with Crippen molar-refractivity contribution in [3.05, 3.63) is 35.6 Å². The number of benzene rings is 1. The molecule has 7 heteroatoms. The fourth-order valence-corrected chi connectivity index (χ4v) is 4.18. The zero-order valence-corrected chi connectivity index (χ0v) is 15.3. The van der Waals surface area contributed by atoms with Crippen molar-refractivity contribution in [3.63, 3.8) is 0 Å². The van der Waals surface area contributed by atoms with Crippen LogP contribution in [0, 0.1) is 5.92 Å². The normalized spacial score (nSPS) is 25.6. The van der Waals surface area contributed by atoms with Crippen LogP contribution in [-0.4, -0.2) is 49.1 Å². The number of rotatable bonds is 3. The Morgan fingerprint density at radius 1 is 1.15 bits per heavy atom. The fourth-order valence-electron chi connectivity index (χ4n) is 4.18. The van der Waals surface area contributed by atoms with E-state index in [0.717, 1.165) is 31.7 Å². The lowest BCUT2D eigenvalue weighted by atomic mass is 9.85. The summed E-state index contributed by atoms with van der Waals surface area (Å²) in [6.07, 6.45) is 4.44. The van der Waals surface area contributed by atoms with Gasteiger partial charge in [0.15, 0.2) is 0 Å². The van der Waals surface area contributed by atoms with Crippen molar-refractivity contribution in [2.24, 2.45) is 5.92 Å². The Labute approximate surface area is 158 Å². The van der Waals surface area contributed by atoms with E-state index in [-0.39, 0.29) is 23.3 Å². The van der Waals surface area contributed by atoms with Crippen LogP contribution in [0.2, 0.25) is 0 Å². The Bertz CT molecular complexity index is 753. The summed E-state index contributed by atoms with van der Waals surface area (Å²) in [7, 11) is 0. The summed E-state index contributed by atoms with van der Waals surface area (Å²) in [6, 6.07) is 7.53. The molecule has 4 rings (SSSR count). The minimum atomic E-state index is -0.570. The molecule has 27 heavy (non-hydrogen) atoms. The number of hydrogen-bond acceptors (Lipinski definition) is 5. The van der Waals surface area contributed by atoms with Crippen molar-refractivity contribution in [2.45, 2.75) is 31.7 Å². The predicted molar refractivity (Wildman–Crippen MR) is 104 cm³/mol. The molecule has 0 saturated carbocycles. The van der Waals surface area contributed by atoms with Crippen LogP contribution < -0.4 is 20.9 Å². The summed E-state index contributed by atoms with van der Waals surface area (Å²) >= 11 is 0. The van der Waals surface area contributed by atoms with Crippen molar-refractivity contribution in [2.75, 3.05) is 36.4 Å². The molecular weight excluding hydrogens is 344 g/mol. The van der Waals surface area contributed by atoms with E-state index in [1.165, 1.54) is 19.3 Å². The number of nitrogens with zero attached hydrogens (tertiary/aromatic N) is 1. The number of aliphatic hydroxyl groups excluding tert-OH is 1. The number of carbonyl (C=O) groups is 2. The molecule has 1 aromatic rings. The molecule has 0 aromatic heterocycles. The third kappa shape index (κ3) is 3.64. The van der Waals surface area contributed by atoms with Gasteiger partial charge in [-0.25, -0.2) is 0 Å². The summed E-state index contributed by atoms with van der Waals surface area (Å²) in [5.41, 5.74) is 1.57. The topological polar surface area (TPSA) is 93.7 Å². The largest absolute Gasteiger partial charge is 0.511 e. The highest BCUT2D eigenvalue weighted by atomic mass is 16.3. The van der Waals surface area contributed by atoms with Crippen molar-refractivity contribution in [1.29, 1.82) is 0 Å². The maximum Gasteiger partial charge on any atom is 0.264 e. The second-order valence-corrected chi connectivity index (χ2v) is 7.49. The van der Waals surface area contributed by atoms with Gasteiger partial charge in [0.1, 0.15) is 11.3 Å². The molecule has 0 unspecified atom stereocenters. The van der Waals surface area contributed by atoms with Crippen LogP contribution in [0.5, 0.6) is 0 Å². The molecule has 0 radical (unpaired) electrons. The number of fused-ring (bicyclic) bond motifs is 1. The molecule has 4 N–H and O–H groups in total. The summed E-state index contributed by atoms with van der Waals surface area (Å²) in [5.74, 6) is -1.44. The molecule has 2 fully saturated rings. The minimum Gasteiger partial charge on any atom is -0.511 e. The summed E-state index contributed by atoms with van der Waals surface area (Å²) < 4.78 is 0. The molecule has 2 amide bonds. The maximum atomic E-state index is 12.6. The second-order valence-electron chi connectivity index (χ2n) is 7.49. The number of hydrogen-bond donors (Lipinski definition) is 4. The smallest absolute Gasteiger partial charge is 0.264 e. The lowest BCUT2D eigenvalue weighted by Crippen LogP contribution is -2.55. The number of nitrogens with one attached hydrogen (secondary N) is 3. The number of carbonyl (C=O) groups excluding carboxylic acids is 2. The van der Waals surface area contributed by atoms with Gasteiger partial charge in [-0.3, -0.25) is 9.59 Å². The Morgan fingerprint density at radius 2 is 1.89 bits per heavy atom. The van der Waals surface area contributed by atoms with E-state index in [9.17, 15) is 14.7 Å². The van der Waals surface area contributed by atoms with Crippen LogP contribution in [0.15, 0.2) is 35.6 Å². The van der Waals surface area contributed by atoms with E-state index >= 15 is 0 Å². The van der Waals surface area contributed by atoms with Crippen molar-refractivity contribution in [3.8, 4) is 0 Å². The van der Waals surface area contributed by atoms with Gasteiger partial charge < -0.3 is 26.0 Å². The number of anilines is 2. The van der Waals surface area contributed by atoms with Crippen molar-refractivity contribution >= 4 is 23.2 Å². The Morgan fingerprint density at radius 3 is 2.63 bits per heavy atom. The third-order valence-corrected chi connectivity index (χ3v) is 5.71. The highest BCUT2D eigenvalue weighted by Gasteiger charge is 2.39. The van der Waals surface area contributed by atoms with Gasteiger partial charge in [-0.15, -0.1) is 0 Å². The Balaban J connectivity index is 1.47. The van der Waals surface area contributed by atoms with E-state index in [2.05, 4.69) is 20.9 Å². The molecule has 7 nitrogen and oxygen atoms in total. The van der Waals surface area contributed by atoms with E-state index < -0.39 is 11.8 Å². The number of piperidine rings is 2. The first-order valence-electron chi connectivity index (χ1n) is 9.74. The molecule has 0 bridgehead atoms. The standard InChI is InChI=1S/C20H26N4O3/c25-18-15-12-21-9-8-16(15)23-20(27)17(18)19(26)22-13-4-6-14(7-5-13)24-10-2-1-3-11-24/h4-7,15-16,21,25H,1-3,8-12H2,(H,22,26)(H,23,27)/t15-,16+/m0/s1. The van der Waals surface area contributed by atoms with E-state index in [1.807, 2.05) is 24.3 Å². The van der Waals surface area contributed by atoms with Crippen LogP contribution in [-0.2, 0) is 9.59 Å². The SMILES string of the molecule is O=C(Nc1ccc(N2CCCCC2)cc1)C1=C(O)[C@H]2CNCC[C@H]2NC1=O. The number of amides is 2. The first kappa shape index (κ1) is 17.9. The third-order valence-electron chi connectivity index (χ3n) is 5.71. The summed E-state index contributed by atoms with van der Waals surface area (Å²) in [6.45, 7) is 3.46. The van der Waals surface area contributed by atoms with Crippen LogP contribution in [0.3, 0.4) is 0 Å². The number of aliphatic hydroxyl groups is 1. The first-order valence-corrected chi connectivity index (χ1v) is 9.74. The minimum absolute atomic E-state index is 0.112. The molecule has 0 aliphatic carbocycles. The van der Waals surface area contributed by atoms with E-state index in [0.29, 0.717) is 12.2 Å². The molecule has 2 atom stereocenters. The van der Waals surface area contributed by atoms with Gasteiger partial charge in [-0.2, -0.15) is 0 Å². The quantitative estimate of drug-likeness (QED) is 0.606. The molecule has 2 saturated heterocycles. The summed E-state index contributed by atoms with van der Waals surface area (Å²) in [4.78, 5) is 27.3. The molecule has 3 aliphatic heterocycles. The lowest BCUT2D eigenvalue weighted by molar-refractivity contribution is -0.123. The molecule has 3 aliphatic rings. The molecule has 3 heterocycles.